The quantitative estimate of drug-likeness (QED) is 0.0262. The van der Waals surface area contributed by atoms with Crippen molar-refractivity contribution in [2.75, 3.05) is 13.2 Å². The molecule has 67 heavy (non-hydrogen) atoms. The van der Waals surface area contributed by atoms with E-state index in [9.17, 15) is 14.4 Å². The van der Waals surface area contributed by atoms with Gasteiger partial charge in [0.05, 0.1) is 0 Å². The smallest absolute Gasteiger partial charge is 0.306 e. The van der Waals surface area contributed by atoms with Crippen molar-refractivity contribution < 1.29 is 28.6 Å². The van der Waals surface area contributed by atoms with Gasteiger partial charge in [-0.3, -0.25) is 14.4 Å². The molecule has 0 fully saturated rings. The zero-order valence-electron chi connectivity index (χ0n) is 44.4. The summed E-state index contributed by atoms with van der Waals surface area (Å²) >= 11 is 0. The lowest BCUT2D eigenvalue weighted by Crippen LogP contribution is -2.30. The second-order valence-corrected chi connectivity index (χ2v) is 19.2. The molecule has 0 bridgehead atoms. The monoisotopic (exact) mass is 937 g/mol. The third-order valence-electron chi connectivity index (χ3n) is 12.5. The van der Waals surface area contributed by atoms with Gasteiger partial charge in [0.25, 0.3) is 0 Å². The summed E-state index contributed by atoms with van der Waals surface area (Å²) in [5.41, 5.74) is 0. The van der Waals surface area contributed by atoms with E-state index in [2.05, 4.69) is 81.5 Å². The molecule has 388 valence electrons. The molecule has 0 spiro atoms. The highest BCUT2D eigenvalue weighted by Gasteiger charge is 2.19. The first-order chi connectivity index (χ1) is 33.0. The summed E-state index contributed by atoms with van der Waals surface area (Å²) in [6.07, 6.45) is 69.2. The van der Waals surface area contributed by atoms with E-state index in [1.807, 2.05) is 0 Å². The van der Waals surface area contributed by atoms with Crippen molar-refractivity contribution in [3.63, 3.8) is 0 Å². The normalized spacial score (nSPS) is 12.5. The van der Waals surface area contributed by atoms with Gasteiger partial charge in [0.1, 0.15) is 13.2 Å². The Morgan fingerprint density at radius 2 is 0.552 bits per heavy atom. The topological polar surface area (TPSA) is 78.9 Å². The van der Waals surface area contributed by atoms with Crippen molar-refractivity contribution in [1.29, 1.82) is 0 Å². The van der Waals surface area contributed by atoms with E-state index in [-0.39, 0.29) is 31.1 Å². The molecule has 0 aromatic carbocycles. The lowest BCUT2D eigenvalue weighted by molar-refractivity contribution is -0.167. The number of hydrogen-bond acceptors (Lipinski definition) is 6. The average Bonchev–Trinajstić information content (AvgIpc) is 3.33. The van der Waals surface area contributed by atoms with Gasteiger partial charge in [0.2, 0.25) is 0 Å². The highest BCUT2D eigenvalue weighted by atomic mass is 16.6. The van der Waals surface area contributed by atoms with Crippen LogP contribution < -0.4 is 0 Å². The molecule has 0 aliphatic carbocycles. The van der Waals surface area contributed by atoms with E-state index in [1.54, 1.807) is 0 Å². The highest BCUT2D eigenvalue weighted by molar-refractivity contribution is 5.71. The van der Waals surface area contributed by atoms with Crippen molar-refractivity contribution in [2.24, 2.45) is 0 Å². The van der Waals surface area contributed by atoms with Crippen LogP contribution in [0.3, 0.4) is 0 Å². The Kier molecular flexibility index (Phi) is 53.3. The van der Waals surface area contributed by atoms with Crippen molar-refractivity contribution >= 4 is 17.9 Å². The highest BCUT2D eigenvalue weighted by Crippen LogP contribution is 2.15. The van der Waals surface area contributed by atoms with Crippen LogP contribution in [0.4, 0.5) is 0 Å². The third kappa shape index (κ3) is 53.9. The Hall–Kier alpha value is -2.89. The Morgan fingerprint density at radius 3 is 0.881 bits per heavy atom. The first-order valence-electron chi connectivity index (χ1n) is 28.8. The zero-order valence-corrected chi connectivity index (χ0v) is 44.4. The molecule has 0 rings (SSSR count). The van der Waals surface area contributed by atoms with E-state index in [0.717, 1.165) is 96.3 Å². The molecule has 0 saturated heterocycles. The maximum absolute atomic E-state index is 12.8. The number of esters is 3. The van der Waals surface area contributed by atoms with Crippen molar-refractivity contribution in [1.82, 2.24) is 0 Å². The van der Waals surface area contributed by atoms with Crippen LogP contribution in [-0.4, -0.2) is 37.2 Å². The fourth-order valence-corrected chi connectivity index (χ4v) is 8.07. The fraction of sp³-hybridized carbons (Fsp3) is 0.787. The molecule has 6 heteroatoms. The molecular weight excluding hydrogens is 829 g/mol. The van der Waals surface area contributed by atoms with Crippen LogP contribution in [0.1, 0.15) is 290 Å². The predicted octanol–water partition coefficient (Wildman–Crippen LogP) is 19.2. The number of unbranched alkanes of at least 4 members (excludes halogenated alkanes) is 31. The van der Waals surface area contributed by atoms with E-state index < -0.39 is 6.10 Å². The molecule has 0 N–H and O–H groups in total. The third-order valence-corrected chi connectivity index (χ3v) is 12.5. The van der Waals surface area contributed by atoms with Crippen LogP contribution in [0.25, 0.3) is 0 Å². The van der Waals surface area contributed by atoms with Crippen LogP contribution in [0, 0.1) is 0 Å². The number of allylic oxidation sites excluding steroid dienone is 10. The molecular formula is C61H108O6. The Bertz CT molecular complexity index is 1210. The Morgan fingerprint density at radius 1 is 0.299 bits per heavy atom. The van der Waals surface area contributed by atoms with Gasteiger partial charge in [0.15, 0.2) is 6.10 Å². The van der Waals surface area contributed by atoms with Gasteiger partial charge < -0.3 is 14.2 Å². The molecule has 0 aliphatic heterocycles. The summed E-state index contributed by atoms with van der Waals surface area (Å²) in [4.78, 5) is 38.1. The molecule has 6 nitrogen and oxygen atoms in total. The number of carbonyl (C=O) groups excluding carboxylic acids is 3. The predicted molar refractivity (Wildman–Crippen MR) is 288 cm³/mol. The summed E-state index contributed by atoms with van der Waals surface area (Å²) in [6, 6.07) is 0. The zero-order chi connectivity index (χ0) is 48.6. The number of rotatable bonds is 52. The maximum Gasteiger partial charge on any atom is 0.306 e. The van der Waals surface area contributed by atoms with Crippen LogP contribution >= 0.6 is 0 Å². The van der Waals surface area contributed by atoms with Crippen LogP contribution in [0.15, 0.2) is 60.8 Å². The SMILES string of the molecule is CCCC/C=C\C/C=C\CCCCCCCC(=O)OC(COC(=O)CCCCCCC/C=C\CCCCCCC)COC(=O)CCCCCCCCCCC/C=C\C/C=C\CCCCCCC. The van der Waals surface area contributed by atoms with Gasteiger partial charge >= 0.3 is 17.9 Å². The Labute approximate surface area is 415 Å². The molecule has 0 radical (unpaired) electrons. The molecule has 0 saturated carbocycles. The largest absolute Gasteiger partial charge is 0.462 e. The first kappa shape index (κ1) is 64.1. The summed E-state index contributed by atoms with van der Waals surface area (Å²) in [5.74, 6) is -0.902. The number of carbonyl (C=O) groups is 3. The molecule has 0 aromatic heterocycles. The lowest BCUT2D eigenvalue weighted by Gasteiger charge is -2.18. The molecule has 1 atom stereocenters. The second-order valence-electron chi connectivity index (χ2n) is 19.2. The van der Waals surface area contributed by atoms with Gasteiger partial charge in [-0.2, -0.15) is 0 Å². The second kappa shape index (κ2) is 55.7. The minimum atomic E-state index is -0.786. The van der Waals surface area contributed by atoms with Crippen molar-refractivity contribution in [3.8, 4) is 0 Å². The Balaban J connectivity index is 4.35. The summed E-state index contributed by atoms with van der Waals surface area (Å²) in [6.45, 7) is 6.58. The van der Waals surface area contributed by atoms with Crippen LogP contribution in [0.5, 0.6) is 0 Å². The molecule has 0 amide bonds. The van der Waals surface area contributed by atoms with Crippen molar-refractivity contribution in [2.45, 2.75) is 297 Å². The minimum Gasteiger partial charge on any atom is -0.462 e. The molecule has 0 heterocycles. The van der Waals surface area contributed by atoms with Crippen LogP contribution in [0.2, 0.25) is 0 Å². The van der Waals surface area contributed by atoms with E-state index in [0.29, 0.717) is 19.3 Å². The fourth-order valence-electron chi connectivity index (χ4n) is 8.07. The van der Waals surface area contributed by atoms with Gasteiger partial charge in [-0.25, -0.2) is 0 Å². The molecule has 0 aliphatic rings. The number of hydrogen-bond donors (Lipinski definition) is 0. The van der Waals surface area contributed by atoms with Crippen molar-refractivity contribution in [3.05, 3.63) is 60.8 Å². The van der Waals surface area contributed by atoms with Gasteiger partial charge in [-0.1, -0.05) is 229 Å². The standard InChI is InChI=1S/C61H108O6/c1-4-7-10-13-16-19-22-25-28-29-30-31-32-33-34-37-39-42-45-48-51-54-60(63)66-57-58(67-61(64)55-52-49-46-43-40-36-27-24-21-18-15-12-9-6-3)56-65-59(62)53-50-47-44-41-38-35-26-23-20-17-14-11-8-5-2/h15,18,22-27,29-30,58H,4-14,16-17,19-21,28,31-57H2,1-3H3/b18-15-,25-22-,26-23-,27-24-,30-29-. The minimum absolute atomic E-state index is 0.0840. The van der Waals surface area contributed by atoms with E-state index >= 15 is 0 Å². The van der Waals surface area contributed by atoms with E-state index in [4.69, 9.17) is 14.2 Å². The average molecular weight is 938 g/mol. The lowest BCUT2D eigenvalue weighted by atomic mass is 10.1. The summed E-state index contributed by atoms with van der Waals surface area (Å²) in [7, 11) is 0. The van der Waals surface area contributed by atoms with Crippen LogP contribution in [-0.2, 0) is 28.6 Å². The van der Waals surface area contributed by atoms with Gasteiger partial charge in [-0.15, -0.1) is 0 Å². The van der Waals surface area contributed by atoms with E-state index in [1.165, 1.54) is 154 Å². The van der Waals surface area contributed by atoms with Gasteiger partial charge in [-0.05, 0) is 103 Å². The summed E-state index contributed by atoms with van der Waals surface area (Å²) in [5, 5.41) is 0. The maximum atomic E-state index is 12.8. The number of ether oxygens (including phenoxy) is 3. The first-order valence-corrected chi connectivity index (χ1v) is 28.8. The summed E-state index contributed by atoms with van der Waals surface area (Å²) < 4.78 is 16.8. The molecule has 1 unspecified atom stereocenters. The molecule has 0 aromatic rings. The van der Waals surface area contributed by atoms with Gasteiger partial charge in [0, 0.05) is 19.3 Å².